The molecule has 0 radical (unpaired) electrons. The number of fused-ring (bicyclic) bond motifs is 1. The van der Waals surface area contributed by atoms with Gasteiger partial charge in [0.25, 0.3) is 0 Å². The van der Waals surface area contributed by atoms with Crippen molar-refractivity contribution in [3.8, 4) is 0 Å². The summed E-state index contributed by atoms with van der Waals surface area (Å²) in [4.78, 5) is 14.8. The number of aromatic amines is 1. The number of benzene rings is 1. The Morgan fingerprint density at radius 1 is 1.40 bits per heavy atom. The van der Waals surface area contributed by atoms with Gasteiger partial charge in [-0.3, -0.25) is 0 Å². The fraction of sp³-hybridized carbons (Fsp3) is 0.333. The van der Waals surface area contributed by atoms with Gasteiger partial charge in [0.05, 0.1) is 13.2 Å². The summed E-state index contributed by atoms with van der Waals surface area (Å²) in [5.74, 6) is 0.0906. The van der Waals surface area contributed by atoms with E-state index in [0.717, 1.165) is 6.42 Å². The summed E-state index contributed by atoms with van der Waals surface area (Å²) < 4.78 is 7.27. The second-order valence-corrected chi connectivity index (χ2v) is 5.51. The number of ether oxygens (including phenoxy) is 1. The Morgan fingerprint density at radius 3 is 2.80 bits per heavy atom. The Balaban J connectivity index is 2.14. The number of methoxy groups -OCH3 is 1. The van der Waals surface area contributed by atoms with Crippen molar-refractivity contribution in [2.75, 3.05) is 7.11 Å². The molecule has 4 nitrogen and oxygen atoms in total. The first-order chi connectivity index (χ1) is 9.63. The molecule has 0 fully saturated rings. The monoisotopic (exact) mass is 288 g/mol. The Kier molecular flexibility index (Phi) is 3.22. The van der Waals surface area contributed by atoms with Gasteiger partial charge >= 0.3 is 5.97 Å². The lowest BCUT2D eigenvalue weighted by atomic mass is 10.0. The lowest BCUT2D eigenvalue weighted by Gasteiger charge is -2.16. The summed E-state index contributed by atoms with van der Waals surface area (Å²) >= 11 is 5.34. The molecule has 104 valence electrons. The lowest BCUT2D eigenvalue weighted by Crippen LogP contribution is -2.15. The number of nitrogens with one attached hydrogen (secondary N) is 1. The minimum absolute atomic E-state index is 0.0917. The van der Waals surface area contributed by atoms with Gasteiger partial charge in [0.1, 0.15) is 5.69 Å². The number of carbonyl (C=O) groups is 1. The van der Waals surface area contributed by atoms with Crippen LogP contribution in [-0.2, 0) is 4.74 Å². The Morgan fingerprint density at radius 2 is 2.10 bits per heavy atom. The molecule has 0 saturated carbocycles. The molecule has 0 saturated heterocycles. The number of imidazole rings is 1. The number of esters is 1. The van der Waals surface area contributed by atoms with Crippen molar-refractivity contribution in [1.29, 1.82) is 0 Å². The van der Waals surface area contributed by atoms with Crippen molar-refractivity contribution in [3.63, 3.8) is 0 Å². The predicted octanol–water partition coefficient (Wildman–Crippen LogP) is 3.43. The molecule has 1 aromatic carbocycles. The molecular formula is C15H16N2O2S. The van der Waals surface area contributed by atoms with E-state index < -0.39 is 0 Å². The minimum Gasteiger partial charge on any atom is -0.464 e. The van der Waals surface area contributed by atoms with E-state index in [0.29, 0.717) is 16.4 Å². The maximum atomic E-state index is 11.9. The third kappa shape index (κ3) is 1.89. The zero-order chi connectivity index (χ0) is 14.3. The van der Waals surface area contributed by atoms with Crippen LogP contribution < -0.4 is 0 Å². The Hall–Kier alpha value is -1.88. The van der Waals surface area contributed by atoms with E-state index in [9.17, 15) is 4.79 Å². The fourth-order valence-electron chi connectivity index (χ4n) is 3.05. The number of rotatable bonds is 2. The number of aromatic nitrogens is 2. The molecule has 0 spiro atoms. The second-order valence-electron chi connectivity index (χ2n) is 5.12. The van der Waals surface area contributed by atoms with E-state index in [1.807, 2.05) is 10.6 Å². The van der Waals surface area contributed by atoms with E-state index in [1.165, 1.54) is 18.2 Å². The zero-order valence-electron chi connectivity index (χ0n) is 11.4. The Labute approximate surface area is 122 Å². The molecule has 2 aromatic rings. The highest BCUT2D eigenvalue weighted by Crippen LogP contribution is 2.42. The van der Waals surface area contributed by atoms with E-state index in [4.69, 9.17) is 17.0 Å². The van der Waals surface area contributed by atoms with E-state index >= 15 is 0 Å². The molecule has 2 unspecified atom stereocenters. The number of nitrogens with zero attached hydrogens (tertiary/aromatic N) is 1. The first kappa shape index (κ1) is 13.1. The smallest absolute Gasteiger partial charge is 0.356 e. The van der Waals surface area contributed by atoms with Crippen LogP contribution >= 0.6 is 12.2 Å². The molecule has 1 aromatic heterocycles. The van der Waals surface area contributed by atoms with Crippen LogP contribution in [0.3, 0.4) is 0 Å². The minimum atomic E-state index is -0.366. The Bertz CT molecular complexity index is 717. The first-order valence-electron chi connectivity index (χ1n) is 6.60. The summed E-state index contributed by atoms with van der Waals surface area (Å²) in [6, 6.07) is 8.43. The summed E-state index contributed by atoms with van der Waals surface area (Å²) in [6.45, 7) is 2.20. The van der Waals surface area contributed by atoms with Crippen molar-refractivity contribution >= 4 is 18.2 Å². The highest BCUT2D eigenvalue weighted by molar-refractivity contribution is 7.71. The largest absolute Gasteiger partial charge is 0.464 e. The number of hydrogen-bond acceptors (Lipinski definition) is 3. The van der Waals surface area contributed by atoms with Crippen molar-refractivity contribution in [3.05, 3.63) is 52.1 Å². The van der Waals surface area contributed by atoms with Crippen LogP contribution in [-0.4, -0.2) is 22.6 Å². The lowest BCUT2D eigenvalue weighted by molar-refractivity contribution is 0.0586. The highest BCUT2D eigenvalue weighted by Gasteiger charge is 2.31. The first-order valence-corrected chi connectivity index (χ1v) is 7.01. The average Bonchev–Trinajstić information content (AvgIpc) is 2.99. The molecule has 1 aliphatic rings. The van der Waals surface area contributed by atoms with Gasteiger partial charge in [0.15, 0.2) is 4.77 Å². The zero-order valence-corrected chi connectivity index (χ0v) is 12.2. The molecule has 1 aliphatic carbocycles. The van der Waals surface area contributed by atoms with Crippen LogP contribution in [0.4, 0.5) is 0 Å². The molecule has 0 amide bonds. The fourth-order valence-corrected chi connectivity index (χ4v) is 3.33. The quantitative estimate of drug-likeness (QED) is 0.680. The van der Waals surface area contributed by atoms with Crippen LogP contribution in [0, 0.1) is 4.77 Å². The molecular weight excluding hydrogens is 272 g/mol. The van der Waals surface area contributed by atoms with Crippen LogP contribution in [0.25, 0.3) is 0 Å². The van der Waals surface area contributed by atoms with Crippen LogP contribution in [0.5, 0.6) is 0 Å². The van der Waals surface area contributed by atoms with E-state index in [1.54, 1.807) is 6.20 Å². The molecule has 1 N–H and O–H groups in total. The third-order valence-corrected chi connectivity index (χ3v) is 4.29. The van der Waals surface area contributed by atoms with Gasteiger partial charge in [-0.25, -0.2) is 4.79 Å². The van der Waals surface area contributed by atoms with Gasteiger partial charge < -0.3 is 14.3 Å². The van der Waals surface area contributed by atoms with Crippen LogP contribution in [0.2, 0.25) is 0 Å². The second kappa shape index (κ2) is 4.90. The van der Waals surface area contributed by atoms with Gasteiger partial charge in [0, 0.05) is 6.20 Å². The molecule has 3 rings (SSSR count). The third-order valence-electron chi connectivity index (χ3n) is 3.98. The van der Waals surface area contributed by atoms with Crippen LogP contribution in [0.15, 0.2) is 30.5 Å². The van der Waals surface area contributed by atoms with Crippen molar-refractivity contribution in [2.45, 2.75) is 25.3 Å². The van der Waals surface area contributed by atoms with Crippen LogP contribution in [0.1, 0.15) is 46.9 Å². The summed E-state index contributed by atoms with van der Waals surface area (Å²) in [7, 11) is 1.38. The van der Waals surface area contributed by atoms with E-state index in [2.05, 4.69) is 30.1 Å². The maximum absolute atomic E-state index is 11.9. The number of hydrogen-bond donors (Lipinski definition) is 1. The summed E-state index contributed by atoms with van der Waals surface area (Å²) in [5, 5.41) is 0. The average molecular weight is 288 g/mol. The molecule has 0 bridgehead atoms. The van der Waals surface area contributed by atoms with Gasteiger partial charge in [0.2, 0.25) is 0 Å². The van der Waals surface area contributed by atoms with Gasteiger partial charge in [-0.05, 0) is 35.7 Å². The molecule has 2 atom stereocenters. The topological polar surface area (TPSA) is 47.0 Å². The predicted molar refractivity (Wildman–Crippen MR) is 78.6 cm³/mol. The number of carbonyl (C=O) groups excluding carboxylic acids is 1. The van der Waals surface area contributed by atoms with Gasteiger partial charge in [-0.15, -0.1) is 0 Å². The van der Waals surface area contributed by atoms with Crippen molar-refractivity contribution < 1.29 is 9.53 Å². The molecule has 0 aliphatic heterocycles. The van der Waals surface area contributed by atoms with Gasteiger partial charge in [-0.1, -0.05) is 31.2 Å². The normalized spacial score (nSPS) is 20.7. The summed E-state index contributed by atoms with van der Waals surface area (Å²) in [6.07, 6.45) is 2.56. The van der Waals surface area contributed by atoms with E-state index in [-0.39, 0.29) is 12.0 Å². The SMILES string of the molecule is COC(=O)c1c[nH]c(=S)n1C1CC(C)c2ccccc21. The van der Waals surface area contributed by atoms with Crippen molar-refractivity contribution in [1.82, 2.24) is 9.55 Å². The number of H-pyrrole nitrogens is 1. The maximum Gasteiger partial charge on any atom is 0.356 e. The molecule has 20 heavy (non-hydrogen) atoms. The molecule has 5 heteroatoms. The molecule has 1 heterocycles. The van der Waals surface area contributed by atoms with Gasteiger partial charge in [-0.2, -0.15) is 0 Å². The standard InChI is InChI=1S/C15H16N2O2S/c1-9-7-12(11-6-4-3-5-10(9)11)17-13(14(18)19-2)8-16-15(17)20/h3-6,8-9,12H,7H2,1-2H3,(H,16,20). The highest BCUT2D eigenvalue weighted by atomic mass is 32.1. The van der Waals surface area contributed by atoms with Crippen molar-refractivity contribution in [2.24, 2.45) is 0 Å². The summed E-state index contributed by atoms with van der Waals surface area (Å²) in [5.41, 5.74) is 3.05.